The van der Waals surface area contributed by atoms with Crippen molar-refractivity contribution in [3.05, 3.63) is 58.7 Å². The molecule has 0 spiro atoms. The Bertz CT molecular complexity index is 540. The number of halogens is 1. The van der Waals surface area contributed by atoms with Crippen LogP contribution < -0.4 is 11.1 Å². The second kappa shape index (κ2) is 7.27. The van der Waals surface area contributed by atoms with Crippen molar-refractivity contribution in [3.8, 4) is 0 Å². The van der Waals surface area contributed by atoms with Gasteiger partial charge in [-0.2, -0.15) is 0 Å². The lowest BCUT2D eigenvalue weighted by Crippen LogP contribution is -2.25. The predicted octanol–water partition coefficient (Wildman–Crippen LogP) is 3.60. The molecule has 0 bridgehead atoms. The fourth-order valence-electron chi connectivity index (χ4n) is 2.19. The molecule has 1 heterocycles. The fourth-order valence-corrected chi connectivity index (χ4v) is 2.32. The third kappa shape index (κ3) is 3.95. The molecule has 20 heavy (non-hydrogen) atoms. The molecule has 1 unspecified atom stereocenters. The summed E-state index contributed by atoms with van der Waals surface area (Å²) in [4.78, 5) is 4.18. The molecule has 0 aliphatic rings. The average Bonchev–Trinajstić information content (AvgIpc) is 2.46. The summed E-state index contributed by atoms with van der Waals surface area (Å²) in [6.45, 7) is 3.10. The third-order valence-electron chi connectivity index (χ3n) is 3.24. The summed E-state index contributed by atoms with van der Waals surface area (Å²) in [5.41, 5.74) is 8.28. The van der Waals surface area contributed by atoms with Crippen LogP contribution >= 0.6 is 11.6 Å². The highest BCUT2D eigenvalue weighted by atomic mass is 35.5. The first kappa shape index (κ1) is 14.8. The van der Waals surface area contributed by atoms with Gasteiger partial charge in [0.05, 0.1) is 0 Å². The Balaban J connectivity index is 2.19. The number of aromatic nitrogens is 1. The summed E-state index contributed by atoms with van der Waals surface area (Å²) in [6, 6.07) is 12.1. The molecule has 0 radical (unpaired) electrons. The first-order chi connectivity index (χ1) is 9.70. The fraction of sp³-hybridized carbons (Fsp3) is 0.312. The number of nitrogens with zero attached hydrogens (tertiary/aromatic N) is 1. The van der Waals surface area contributed by atoms with E-state index in [1.165, 1.54) is 5.56 Å². The minimum Gasteiger partial charge on any atom is -0.383 e. The van der Waals surface area contributed by atoms with E-state index in [2.05, 4.69) is 29.4 Å². The number of hydrogen-bond donors (Lipinski definition) is 2. The normalized spacial score (nSPS) is 12.3. The number of anilines is 1. The van der Waals surface area contributed by atoms with Gasteiger partial charge >= 0.3 is 0 Å². The minimum absolute atomic E-state index is 0.171. The number of benzene rings is 1. The summed E-state index contributed by atoms with van der Waals surface area (Å²) >= 11 is 5.93. The van der Waals surface area contributed by atoms with Crippen LogP contribution in [0.1, 0.15) is 30.5 Å². The van der Waals surface area contributed by atoms with E-state index in [0.717, 1.165) is 30.0 Å². The van der Waals surface area contributed by atoms with Crippen LogP contribution in [0, 0.1) is 0 Å². The van der Waals surface area contributed by atoms with Gasteiger partial charge in [0.1, 0.15) is 5.82 Å². The zero-order valence-corrected chi connectivity index (χ0v) is 12.4. The lowest BCUT2D eigenvalue weighted by atomic mass is 9.99. The molecule has 3 nitrogen and oxygen atoms in total. The van der Waals surface area contributed by atoms with Crippen LogP contribution in [-0.2, 0) is 6.42 Å². The van der Waals surface area contributed by atoms with Crippen LogP contribution in [0.25, 0.3) is 0 Å². The van der Waals surface area contributed by atoms with Crippen molar-refractivity contribution < 1.29 is 0 Å². The van der Waals surface area contributed by atoms with Crippen LogP contribution in [0.5, 0.6) is 0 Å². The van der Waals surface area contributed by atoms with Gasteiger partial charge in [0, 0.05) is 22.8 Å². The highest BCUT2D eigenvalue weighted by Crippen LogP contribution is 2.23. The quantitative estimate of drug-likeness (QED) is 0.854. The second-order valence-electron chi connectivity index (χ2n) is 4.82. The zero-order valence-electron chi connectivity index (χ0n) is 11.6. The van der Waals surface area contributed by atoms with Crippen LogP contribution in [0.2, 0.25) is 5.02 Å². The molecule has 3 N–H and O–H groups in total. The Morgan fingerprint density at radius 1 is 1.25 bits per heavy atom. The van der Waals surface area contributed by atoms with E-state index in [4.69, 9.17) is 17.3 Å². The molecule has 0 fully saturated rings. The topological polar surface area (TPSA) is 50.9 Å². The van der Waals surface area contributed by atoms with Gasteiger partial charge in [0.15, 0.2) is 0 Å². The Labute approximate surface area is 125 Å². The van der Waals surface area contributed by atoms with Gasteiger partial charge < -0.3 is 11.1 Å². The van der Waals surface area contributed by atoms with Crippen molar-refractivity contribution in [1.29, 1.82) is 0 Å². The van der Waals surface area contributed by atoms with E-state index in [1.54, 1.807) is 6.20 Å². The van der Waals surface area contributed by atoms with Gasteiger partial charge in [0.25, 0.3) is 0 Å². The Morgan fingerprint density at radius 3 is 2.65 bits per heavy atom. The predicted molar refractivity (Wildman–Crippen MR) is 84.8 cm³/mol. The van der Waals surface area contributed by atoms with Crippen molar-refractivity contribution in [2.45, 2.75) is 25.8 Å². The molecule has 0 aliphatic carbocycles. The third-order valence-corrected chi connectivity index (χ3v) is 3.49. The SMILES string of the molecule is CCCNC(Cc1ccc(Cl)cc1)c1cccnc1N. The summed E-state index contributed by atoms with van der Waals surface area (Å²) in [5.74, 6) is 0.593. The molecule has 0 amide bonds. The average molecular weight is 290 g/mol. The number of nitrogen functional groups attached to an aromatic ring is 1. The molecule has 4 heteroatoms. The summed E-state index contributed by atoms with van der Waals surface area (Å²) in [6.07, 6.45) is 3.67. The Morgan fingerprint density at radius 2 is 2.00 bits per heavy atom. The van der Waals surface area contributed by atoms with E-state index in [1.807, 2.05) is 24.3 Å². The molecule has 106 valence electrons. The van der Waals surface area contributed by atoms with Crippen molar-refractivity contribution in [3.63, 3.8) is 0 Å². The summed E-state index contributed by atoms with van der Waals surface area (Å²) < 4.78 is 0. The minimum atomic E-state index is 0.171. The van der Waals surface area contributed by atoms with Gasteiger partial charge in [-0.05, 0) is 43.1 Å². The van der Waals surface area contributed by atoms with Crippen molar-refractivity contribution in [2.75, 3.05) is 12.3 Å². The Hall–Kier alpha value is -1.58. The maximum Gasteiger partial charge on any atom is 0.128 e. The van der Waals surface area contributed by atoms with Gasteiger partial charge in [-0.15, -0.1) is 0 Å². The zero-order chi connectivity index (χ0) is 14.4. The first-order valence-electron chi connectivity index (χ1n) is 6.89. The molecule has 0 saturated carbocycles. The van der Waals surface area contributed by atoms with Gasteiger partial charge in [-0.3, -0.25) is 0 Å². The number of pyridine rings is 1. The number of nitrogens with two attached hydrogens (primary N) is 1. The number of hydrogen-bond acceptors (Lipinski definition) is 3. The monoisotopic (exact) mass is 289 g/mol. The largest absolute Gasteiger partial charge is 0.383 e. The molecule has 1 atom stereocenters. The van der Waals surface area contributed by atoms with Crippen LogP contribution in [0.4, 0.5) is 5.82 Å². The van der Waals surface area contributed by atoms with E-state index in [0.29, 0.717) is 5.82 Å². The van der Waals surface area contributed by atoms with Crippen LogP contribution in [0.3, 0.4) is 0 Å². The van der Waals surface area contributed by atoms with Crippen LogP contribution in [0.15, 0.2) is 42.6 Å². The molecule has 1 aromatic carbocycles. The molecular weight excluding hydrogens is 270 g/mol. The maximum absolute atomic E-state index is 6.00. The number of rotatable bonds is 6. The van der Waals surface area contributed by atoms with Crippen LogP contribution in [-0.4, -0.2) is 11.5 Å². The maximum atomic E-state index is 6.00. The van der Waals surface area contributed by atoms with E-state index < -0.39 is 0 Å². The van der Waals surface area contributed by atoms with E-state index >= 15 is 0 Å². The van der Waals surface area contributed by atoms with Crippen molar-refractivity contribution >= 4 is 17.4 Å². The van der Waals surface area contributed by atoms with Gasteiger partial charge in [-0.25, -0.2) is 4.98 Å². The molecule has 1 aromatic heterocycles. The highest BCUT2D eigenvalue weighted by Gasteiger charge is 2.14. The van der Waals surface area contributed by atoms with Crippen molar-refractivity contribution in [1.82, 2.24) is 10.3 Å². The first-order valence-corrected chi connectivity index (χ1v) is 7.26. The lowest BCUT2D eigenvalue weighted by molar-refractivity contribution is 0.529. The molecule has 0 aliphatic heterocycles. The van der Waals surface area contributed by atoms with E-state index in [9.17, 15) is 0 Å². The number of nitrogens with one attached hydrogen (secondary N) is 1. The van der Waals surface area contributed by atoms with E-state index in [-0.39, 0.29) is 6.04 Å². The van der Waals surface area contributed by atoms with Gasteiger partial charge in [-0.1, -0.05) is 36.7 Å². The molecule has 2 rings (SSSR count). The van der Waals surface area contributed by atoms with Crippen molar-refractivity contribution in [2.24, 2.45) is 0 Å². The molecular formula is C16H20ClN3. The Kier molecular flexibility index (Phi) is 5.39. The standard InChI is InChI=1S/C16H20ClN3/c1-2-9-19-15(14-4-3-10-20-16(14)18)11-12-5-7-13(17)8-6-12/h3-8,10,15,19H,2,9,11H2,1H3,(H2,18,20). The summed E-state index contributed by atoms with van der Waals surface area (Å²) in [7, 11) is 0. The van der Waals surface area contributed by atoms with Gasteiger partial charge in [0.2, 0.25) is 0 Å². The summed E-state index contributed by atoms with van der Waals surface area (Å²) in [5, 5.41) is 4.29. The smallest absolute Gasteiger partial charge is 0.128 e. The molecule has 0 saturated heterocycles. The highest BCUT2D eigenvalue weighted by molar-refractivity contribution is 6.30. The lowest BCUT2D eigenvalue weighted by Gasteiger charge is -2.20. The second-order valence-corrected chi connectivity index (χ2v) is 5.25. The molecule has 2 aromatic rings.